The van der Waals surface area contributed by atoms with Crippen LogP contribution in [0.25, 0.3) is 0 Å². The van der Waals surface area contributed by atoms with Crippen LogP contribution in [0.15, 0.2) is 4.90 Å². The van der Waals surface area contributed by atoms with Crippen molar-refractivity contribution in [2.24, 2.45) is 5.73 Å². The summed E-state index contributed by atoms with van der Waals surface area (Å²) in [7, 11) is -1.53. The van der Waals surface area contributed by atoms with Crippen molar-refractivity contribution >= 4 is 10.0 Å². The third kappa shape index (κ3) is 4.27. The standard InChI is InChI=1S/C12H25N5O2S/c1-9(2)17(4)7-5-6-14-20(18,19)12-10(3)15-16-11(12)8-13/h9,14H,5-8,13H2,1-4H3,(H,15,16). The minimum Gasteiger partial charge on any atom is -0.325 e. The second-order valence-corrected chi connectivity index (χ2v) is 6.86. The van der Waals surface area contributed by atoms with Crippen molar-refractivity contribution in [3.63, 3.8) is 0 Å². The molecule has 0 amide bonds. The molecule has 1 aromatic heterocycles. The van der Waals surface area contributed by atoms with Gasteiger partial charge in [0.15, 0.2) is 0 Å². The summed E-state index contributed by atoms with van der Waals surface area (Å²) in [5.74, 6) is 0. The van der Waals surface area contributed by atoms with Crippen LogP contribution >= 0.6 is 0 Å². The zero-order chi connectivity index (χ0) is 15.3. The molecule has 4 N–H and O–H groups in total. The summed E-state index contributed by atoms with van der Waals surface area (Å²) in [4.78, 5) is 2.35. The van der Waals surface area contributed by atoms with E-state index in [0.717, 1.165) is 13.0 Å². The number of aromatic nitrogens is 2. The first-order chi connectivity index (χ1) is 9.29. The molecular formula is C12H25N5O2S. The summed E-state index contributed by atoms with van der Waals surface area (Å²) in [6.45, 7) is 7.21. The summed E-state index contributed by atoms with van der Waals surface area (Å²) in [6.07, 6.45) is 0.753. The maximum absolute atomic E-state index is 12.2. The quantitative estimate of drug-likeness (QED) is 0.595. The van der Waals surface area contributed by atoms with Crippen LogP contribution in [0.5, 0.6) is 0 Å². The maximum atomic E-state index is 12.2. The molecule has 0 spiro atoms. The monoisotopic (exact) mass is 303 g/mol. The fourth-order valence-corrected chi connectivity index (χ4v) is 3.27. The molecule has 0 unspecified atom stereocenters. The van der Waals surface area contributed by atoms with E-state index in [1.54, 1.807) is 6.92 Å². The van der Waals surface area contributed by atoms with Gasteiger partial charge in [-0.25, -0.2) is 13.1 Å². The van der Waals surface area contributed by atoms with Gasteiger partial charge in [-0.1, -0.05) is 0 Å². The molecule has 20 heavy (non-hydrogen) atoms. The number of hydrogen-bond donors (Lipinski definition) is 3. The number of hydrogen-bond acceptors (Lipinski definition) is 5. The number of H-pyrrole nitrogens is 1. The van der Waals surface area contributed by atoms with Crippen LogP contribution < -0.4 is 10.5 Å². The fourth-order valence-electron chi connectivity index (χ4n) is 1.83. The van der Waals surface area contributed by atoms with Gasteiger partial charge in [-0.05, 0) is 40.8 Å². The van der Waals surface area contributed by atoms with E-state index in [9.17, 15) is 8.42 Å². The Morgan fingerprint density at radius 3 is 2.65 bits per heavy atom. The van der Waals surface area contributed by atoms with E-state index in [0.29, 0.717) is 24.0 Å². The van der Waals surface area contributed by atoms with Crippen LogP contribution in [0.4, 0.5) is 0 Å². The van der Waals surface area contributed by atoms with Gasteiger partial charge in [-0.15, -0.1) is 0 Å². The van der Waals surface area contributed by atoms with Crippen molar-refractivity contribution in [3.8, 4) is 0 Å². The summed E-state index contributed by atoms with van der Waals surface area (Å²) < 4.78 is 27.1. The van der Waals surface area contributed by atoms with Gasteiger partial charge in [0.25, 0.3) is 0 Å². The van der Waals surface area contributed by atoms with Crippen LogP contribution in [-0.4, -0.2) is 49.7 Å². The number of aromatic amines is 1. The van der Waals surface area contributed by atoms with E-state index in [1.165, 1.54) is 0 Å². The molecule has 0 aliphatic carbocycles. The minimum atomic E-state index is -3.55. The number of nitrogens with one attached hydrogen (secondary N) is 2. The van der Waals surface area contributed by atoms with Gasteiger partial charge in [0.05, 0.1) is 11.4 Å². The number of nitrogens with zero attached hydrogens (tertiary/aromatic N) is 2. The Bertz CT molecular complexity index is 524. The van der Waals surface area contributed by atoms with Gasteiger partial charge in [-0.3, -0.25) is 5.10 Å². The van der Waals surface area contributed by atoms with Crippen LogP contribution in [0.1, 0.15) is 31.7 Å². The highest BCUT2D eigenvalue weighted by Gasteiger charge is 2.23. The third-order valence-electron chi connectivity index (χ3n) is 3.28. The molecule has 0 aliphatic rings. The molecule has 1 heterocycles. The van der Waals surface area contributed by atoms with Crippen molar-refractivity contribution in [2.45, 2.75) is 44.7 Å². The highest BCUT2D eigenvalue weighted by atomic mass is 32.2. The maximum Gasteiger partial charge on any atom is 0.244 e. The third-order valence-corrected chi connectivity index (χ3v) is 4.95. The van der Waals surface area contributed by atoms with Gasteiger partial charge < -0.3 is 10.6 Å². The van der Waals surface area contributed by atoms with Crippen LogP contribution in [0, 0.1) is 6.92 Å². The number of nitrogens with two attached hydrogens (primary N) is 1. The Morgan fingerprint density at radius 1 is 1.45 bits per heavy atom. The molecule has 8 heteroatoms. The molecule has 0 fully saturated rings. The second-order valence-electron chi connectivity index (χ2n) is 5.15. The van der Waals surface area contributed by atoms with Gasteiger partial charge in [0.2, 0.25) is 10.0 Å². The summed E-state index contributed by atoms with van der Waals surface area (Å²) in [5, 5.41) is 6.56. The Labute approximate surface area is 121 Å². The lowest BCUT2D eigenvalue weighted by atomic mass is 10.3. The minimum absolute atomic E-state index is 0.0939. The average molecular weight is 303 g/mol. The fraction of sp³-hybridized carbons (Fsp3) is 0.750. The second kappa shape index (κ2) is 7.16. The molecule has 0 radical (unpaired) electrons. The largest absolute Gasteiger partial charge is 0.325 e. The van der Waals surface area contributed by atoms with Crippen LogP contribution in [-0.2, 0) is 16.6 Å². The predicted octanol–water partition coefficient (Wildman–Crippen LogP) is 0.185. The molecule has 0 atom stereocenters. The summed E-state index contributed by atoms with van der Waals surface area (Å²) in [5.41, 5.74) is 6.39. The summed E-state index contributed by atoms with van der Waals surface area (Å²) in [6, 6.07) is 0.451. The molecule has 0 bridgehead atoms. The normalized spacial score (nSPS) is 12.6. The van der Waals surface area contributed by atoms with E-state index in [1.807, 2.05) is 7.05 Å². The molecule has 0 aromatic carbocycles. The van der Waals surface area contributed by atoms with Gasteiger partial charge in [0, 0.05) is 19.1 Å². The number of rotatable bonds is 8. The number of sulfonamides is 1. The predicted molar refractivity (Wildman–Crippen MR) is 78.8 cm³/mol. The van der Waals surface area contributed by atoms with E-state index in [2.05, 4.69) is 33.7 Å². The first-order valence-corrected chi connectivity index (χ1v) is 8.21. The molecule has 1 rings (SSSR count). The Hall–Kier alpha value is -0.960. The molecule has 116 valence electrons. The van der Waals surface area contributed by atoms with Gasteiger partial charge in [-0.2, -0.15) is 5.10 Å². The highest BCUT2D eigenvalue weighted by Crippen LogP contribution is 2.16. The lowest BCUT2D eigenvalue weighted by Gasteiger charge is -2.20. The Morgan fingerprint density at radius 2 is 2.10 bits per heavy atom. The van der Waals surface area contributed by atoms with Gasteiger partial charge in [0.1, 0.15) is 4.90 Å². The highest BCUT2D eigenvalue weighted by molar-refractivity contribution is 7.89. The van der Waals surface area contributed by atoms with E-state index in [-0.39, 0.29) is 11.4 Å². The first kappa shape index (κ1) is 17.1. The van der Waals surface area contributed by atoms with Crippen molar-refractivity contribution in [2.75, 3.05) is 20.1 Å². The van der Waals surface area contributed by atoms with E-state index >= 15 is 0 Å². The van der Waals surface area contributed by atoms with E-state index in [4.69, 9.17) is 5.73 Å². The van der Waals surface area contributed by atoms with E-state index < -0.39 is 10.0 Å². The Kier molecular flexibility index (Phi) is 6.12. The van der Waals surface area contributed by atoms with Crippen molar-refractivity contribution in [1.82, 2.24) is 19.8 Å². The van der Waals surface area contributed by atoms with Crippen LogP contribution in [0.2, 0.25) is 0 Å². The van der Waals surface area contributed by atoms with Crippen molar-refractivity contribution in [1.29, 1.82) is 0 Å². The lowest BCUT2D eigenvalue weighted by molar-refractivity contribution is 0.271. The molecular weight excluding hydrogens is 278 g/mol. The lowest BCUT2D eigenvalue weighted by Crippen LogP contribution is -2.31. The topological polar surface area (TPSA) is 104 Å². The van der Waals surface area contributed by atoms with Crippen molar-refractivity contribution < 1.29 is 8.42 Å². The molecule has 0 saturated carbocycles. The summed E-state index contributed by atoms with van der Waals surface area (Å²) >= 11 is 0. The zero-order valence-electron chi connectivity index (χ0n) is 12.6. The molecule has 0 aliphatic heterocycles. The number of aryl methyl sites for hydroxylation is 1. The molecule has 1 aromatic rings. The molecule has 0 saturated heterocycles. The van der Waals surface area contributed by atoms with Crippen LogP contribution in [0.3, 0.4) is 0 Å². The Balaban J connectivity index is 2.60. The first-order valence-electron chi connectivity index (χ1n) is 6.73. The SMILES string of the molecule is Cc1[nH]nc(CN)c1S(=O)(=O)NCCCN(C)C(C)C. The molecule has 7 nitrogen and oxygen atoms in total. The van der Waals surface area contributed by atoms with Gasteiger partial charge >= 0.3 is 0 Å². The van der Waals surface area contributed by atoms with Crippen molar-refractivity contribution in [3.05, 3.63) is 11.4 Å². The zero-order valence-corrected chi connectivity index (χ0v) is 13.4. The smallest absolute Gasteiger partial charge is 0.244 e. The average Bonchev–Trinajstić information content (AvgIpc) is 2.76.